The number of amides is 1. The second-order valence-corrected chi connectivity index (χ2v) is 6.69. The van der Waals surface area contributed by atoms with Gasteiger partial charge in [0.25, 0.3) is 11.6 Å². The molecule has 1 heterocycles. The fourth-order valence-electron chi connectivity index (χ4n) is 3.02. The van der Waals surface area contributed by atoms with Crippen LogP contribution in [0.3, 0.4) is 0 Å². The van der Waals surface area contributed by atoms with E-state index >= 15 is 0 Å². The van der Waals surface area contributed by atoms with E-state index in [1.54, 1.807) is 23.1 Å². The third-order valence-electron chi connectivity index (χ3n) is 4.48. The van der Waals surface area contributed by atoms with Crippen LogP contribution in [0.5, 0.6) is 0 Å². The number of benzene rings is 2. The number of anilines is 1. The zero-order valence-corrected chi connectivity index (χ0v) is 15.6. The molecule has 1 aliphatic rings. The number of nitro benzene ring substituents is 1. The van der Waals surface area contributed by atoms with Gasteiger partial charge in [-0.25, -0.2) is 0 Å². The maximum atomic E-state index is 12.6. The van der Waals surface area contributed by atoms with E-state index in [0.29, 0.717) is 42.6 Å². The highest BCUT2D eigenvalue weighted by Gasteiger charge is 2.23. The van der Waals surface area contributed by atoms with E-state index in [1.807, 2.05) is 25.1 Å². The standard InChI is InChI=1S/C19H20ClN3O4/c1-13(15-4-2-3-5-16(15)20)21-17-7-6-14(12-18(17)23(25)26)19(24)22-8-10-27-11-9-22/h2-7,12-13,21H,8-11H2,1H3. The Hall–Kier alpha value is -2.64. The van der Waals surface area contributed by atoms with Crippen molar-refractivity contribution in [3.05, 3.63) is 68.7 Å². The van der Waals surface area contributed by atoms with Gasteiger partial charge in [-0.1, -0.05) is 29.8 Å². The summed E-state index contributed by atoms with van der Waals surface area (Å²) in [6, 6.07) is 11.6. The van der Waals surface area contributed by atoms with Gasteiger partial charge in [0, 0.05) is 29.7 Å². The lowest BCUT2D eigenvalue weighted by atomic mass is 10.1. The zero-order valence-electron chi connectivity index (χ0n) is 14.9. The normalized spacial score (nSPS) is 15.3. The Morgan fingerprint density at radius 2 is 1.96 bits per heavy atom. The van der Waals surface area contributed by atoms with Crippen LogP contribution in [0.4, 0.5) is 11.4 Å². The van der Waals surface area contributed by atoms with Crippen LogP contribution in [0, 0.1) is 10.1 Å². The zero-order chi connectivity index (χ0) is 19.4. The molecular weight excluding hydrogens is 370 g/mol. The lowest BCUT2D eigenvalue weighted by molar-refractivity contribution is -0.384. The van der Waals surface area contributed by atoms with Crippen LogP contribution in [0.15, 0.2) is 42.5 Å². The molecule has 7 nitrogen and oxygen atoms in total. The summed E-state index contributed by atoms with van der Waals surface area (Å²) in [4.78, 5) is 25.3. The predicted molar refractivity (Wildman–Crippen MR) is 103 cm³/mol. The molecule has 1 amide bonds. The van der Waals surface area contributed by atoms with Crippen molar-refractivity contribution in [3.8, 4) is 0 Å². The molecule has 0 aliphatic carbocycles. The molecule has 0 aromatic heterocycles. The second-order valence-electron chi connectivity index (χ2n) is 6.28. The number of nitro groups is 1. The van der Waals surface area contributed by atoms with Gasteiger partial charge in [0.15, 0.2) is 0 Å². The van der Waals surface area contributed by atoms with Gasteiger partial charge in [-0.2, -0.15) is 0 Å². The van der Waals surface area contributed by atoms with Gasteiger partial charge in [0.1, 0.15) is 5.69 Å². The largest absolute Gasteiger partial charge is 0.378 e. The first-order chi connectivity index (χ1) is 13.0. The third-order valence-corrected chi connectivity index (χ3v) is 4.83. The first kappa shape index (κ1) is 19.1. The van der Waals surface area contributed by atoms with Gasteiger partial charge in [-0.3, -0.25) is 14.9 Å². The number of halogens is 1. The molecule has 0 spiro atoms. The van der Waals surface area contributed by atoms with Gasteiger partial charge in [-0.05, 0) is 30.7 Å². The molecule has 0 bridgehead atoms. The maximum absolute atomic E-state index is 12.6. The van der Waals surface area contributed by atoms with Crippen molar-refractivity contribution in [1.82, 2.24) is 4.90 Å². The summed E-state index contributed by atoms with van der Waals surface area (Å²) in [6.07, 6.45) is 0. The van der Waals surface area contributed by atoms with E-state index < -0.39 is 4.92 Å². The maximum Gasteiger partial charge on any atom is 0.293 e. The quantitative estimate of drug-likeness (QED) is 0.619. The topological polar surface area (TPSA) is 84.7 Å². The first-order valence-corrected chi connectivity index (χ1v) is 9.01. The van der Waals surface area contributed by atoms with Crippen molar-refractivity contribution in [2.45, 2.75) is 13.0 Å². The smallest absolute Gasteiger partial charge is 0.293 e. The number of hydrogen-bond acceptors (Lipinski definition) is 5. The Bertz CT molecular complexity index is 853. The predicted octanol–water partition coefficient (Wildman–Crippen LogP) is 3.89. The van der Waals surface area contributed by atoms with Gasteiger partial charge in [0.2, 0.25) is 0 Å². The van der Waals surface area contributed by atoms with Crippen molar-refractivity contribution in [1.29, 1.82) is 0 Å². The molecule has 2 aromatic carbocycles. The van der Waals surface area contributed by atoms with Crippen molar-refractivity contribution in [3.63, 3.8) is 0 Å². The molecule has 1 atom stereocenters. The number of carbonyl (C=O) groups excluding carboxylic acids is 1. The van der Waals surface area contributed by atoms with E-state index in [9.17, 15) is 14.9 Å². The van der Waals surface area contributed by atoms with Crippen LogP contribution < -0.4 is 5.32 Å². The molecule has 3 rings (SSSR count). The molecule has 0 saturated carbocycles. The second kappa shape index (κ2) is 8.37. The van der Waals surface area contributed by atoms with Crippen LogP contribution in [0.25, 0.3) is 0 Å². The Morgan fingerprint density at radius 3 is 2.63 bits per heavy atom. The summed E-state index contributed by atoms with van der Waals surface area (Å²) < 4.78 is 5.24. The van der Waals surface area contributed by atoms with Gasteiger partial charge >= 0.3 is 0 Å². The molecule has 8 heteroatoms. The highest BCUT2D eigenvalue weighted by molar-refractivity contribution is 6.31. The number of rotatable bonds is 5. The Balaban J connectivity index is 1.84. The minimum absolute atomic E-state index is 0.145. The molecule has 1 N–H and O–H groups in total. The Kier molecular flexibility index (Phi) is 5.93. The number of hydrogen-bond donors (Lipinski definition) is 1. The number of nitrogens with zero attached hydrogens (tertiary/aromatic N) is 2. The summed E-state index contributed by atoms with van der Waals surface area (Å²) >= 11 is 6.21. The molecule has 2 aromatic rings. The van der Waals surface area contributed by atoms with Crippen LogP contribution in [-0.4, -0.2) is 42.0 Å². The van der Waals surface area contributed by atoms with Crippen LogP contribution in [-0.2, 0) is 4.74 Å². The van der Waals surface area contributed by atoms with Gasteiger partial charge in [0.05, 0.1) is 24.2 Å². The molecule has 1 unspecified atom stereocenters. The van der Waals surface area contributed by atoms with E-state index in [1.165, 1.54) is 6.07 Å². The molecule has 1 aliphatic heterocycles. The third kappa shape index (κ3) is 4.37. The van der Waals surface area contributed by atoms with E-state index in [0.717, 1.165) is 5.56 Å². The summed E-state index contributed by atoms with van der Waals surface area (Å²) in [6.45, 7) is 3.79. The summed E-state index contributed by atoms with van der Waals surface area (Å²) in [7, 11) is 0. The van der Waals surface area contributed by atoms with Crippen molar-refractivity contribution < 1.29 is 14.5 Å². The van der Waals surface area contributed by atoms with E-state index in [4.69, 9.17) is 16.3 Å². The Morgan fingerprint density at radius 1 is 1.26 bits per heavy atom. The van der Waals surface area contributed by atoms with Crippen molar-refractivity contribution in [2.75, 3.05) is 31.6 Å². The lowest BCUT2D eigenvalue weighted by Crippen LogP contribution is -2.40. The molecular formula is C19H20ClN3O4. The fraction of sp³-hybridized carbons (Fsp3) is 0.316. The highest BCUT2D eigenvalue weighted by atomic mass is 35.5. The van der Waals surface area contributed by atoms with Crippen molar-refractivity contribution in [2.24, 2.45) is 0 Å². The molecule has 1 fully saturated rings. The summed E-state index contributed by atoms with van der Waals surface area (Å²) in [5, 5.41) is 15.3. The van der Waals surface area contributed by atoms with Gasteiger partial charge in [-0.15, -0.1) is 0 Å². The SMILES string of the molecule is CC(Nc1ccc(C(=O)N2CCOCC2)cc1[N+](=O)[O-])c1ccccc1Cl. The summed E-state index contributed by atoms with van der Waals surface area (Å²) in [5.41, 5.74) is 1.32. The van der Waals surface area contributed by atoms with Gasteiger partial charge < -0.3 is 15.0 Å². The average Bonchev–Trinajstić information content (AvgIpc) is 2.68. The first-order valence-electron chi connectivity index (χ1n) is 8.64. The Labute approximate surface area is 162 Å². The highest BCUT2D eigenvalue weighted by Crippen LogP contribution is 2.31. The van der Waals surface area contributed by atoms with Crippen LogP contribution >= 0.6 is 11.6 Å². The molecule has 27 heavy (non-hydrogen) atoms. The molecule has 142 valence electrons. The minimum Gasteiger partial charge on any atom is -0.378 e. The monoisotopic (exact) mass is 389 g/mol. The number of nitrogens with one attached hydrogen (secondary N) is 1. The van der Waals surface area contributed by atoms with Crippen molar-refractivity contribution >= 4 is 28.9 Å². The minimum atomic E-state index is -0.488. The number of morpholine rings is 1. The number of ether oxygens (including phenoxy) is 1. The number of carbonyl (C=O) groups is 1. The molecule has 0 radical (unpaired) electrons. The lowest BCUT2D eigenvalue weighted by Gasteiger charge is -2.27. The van der Waals surface area contributed by atoms with E-state index in [2.05, 4.69) is 5.32 Å². The van der Waals surface area contributed by atoms with Crippen LogP contribution in [0.1, 0.15) is 28.9 Å². The van der Waals surface area contributed by atoms with Crippen LogP contribution in [0.2, 0.25) is 5.02 Å². The van der Waals surface area contributed by atoms with E-state index in [-0.39, 0.29) is 17.6 Å². The average molecular weight is 390 g/mol. The molecule has 1 saturated heterocycles. The fourth-order valence-corrected chi connectivity index (χ4v) is 3.32. The summed E-state index contributed by atoms with van der Waals surface area (Å²) in [5.74, 6) is -0.230.